The molecule has 0 spiro atoms. The van der Waals surface area contributed by atoms with Crippen LogP contribution in [-0.2, 0) is 11.8 Å². The Kier molecular flexibility index (Phi) is 3.38. The average Bonchev–Trinajstić information content (AvgIpc) is 3.08. The van der Waals surface area contributed by atoms with Crippen molar-refractivity contribution in [1.29, 1.82) is 0 Å². The number of imidazole rings is 1. The quantitative estimate of drug-likeness (QED) is 0.875. The molecule has 1 aliphatic carbocycles. The molecule has 0 bridgehead atoms. The number of nitrogens with zero attached hydrogens (tertiary/aromatic N) is 1. The van der Waals surface area contributed by atoms with Crippen LogP contribution in [0.2, 0.25) is 0 Å². The Morgan fingerprint density at radius 1 is 1.25 bits per heavy atom. The summed E-state index contributed by atoms with van der Waals surface area (Å²) in [6, 6.07) is 8.78. The summed E-state index contributed by atoms with van der Waals surface area (Å²) in [6.45, 7) is 5.18. The van der Waals surface area contributed by atoms with Gasteiger partial charge in [0.15, 0.2) is 0 Å². The first-order valence-corrected chi connectivity index (χ1v) is 7.48. The second-order valence-electron chi connectivity index (χ2n) is 6.42. The summed E-state index contributed by atoms with van der Waals surface area (Å²) in [6.07, 6.45) is 5.38. The van der Waals surface area contributed by atoms with E-state index in [1.807, 2.05) is 6.20 Å². The number of nitrogens with one attached hydrogen (secondary N) is 1. The van der Waals surface area contributed by atoms with E-state index < -0.39 is 0 Å². The Morgan fingerprint density at radius 2 is 1.95 bits per heavy atom. The summed E-state index contributed by atoms with van der Waals surface area (Å²) in [5.41, 5.74) is 9.67. The van der Waals surface area contributed by atoms with Crippen molar-refractivity contribution in [3.63, 3.8) is 0 Å². The highest BCUT2D eigenvalue weighted by Crippen LogP contribution is 2.46. The van der Waals surface area contributed by atoms with E-state index in [4.69, 9.17) is 5.73 Å². The highest BCUT2D eigenvalue weighted by atomic mass is 15.0. The van der Waals surface area contributed by atoms with Crippen LogP contribution in [0.1, 0.15) is 38.1 Å². The number of hydrogen-bond donors (Lipinski definition) is 2. The van der Waals surface area contributed by atoms with E-state index in [0.29, 0.717) is 12.5 Å². The molecule has 3 heteroatoms. The summed E-state index contributed by atoms with van der Waals surface area (Å²) in [5, 5.41) is 0. The lowest BCUT2D eigenvalue weighted by molar-refractivity contribution is 0.647. The molecule has 0 aliphatic heterocycles. The van der Waals surface area contributed by atoms with Gasteiger partial charge in [-0.15, -0.1) is 0 Å². The molecule has 3 N–H and O–H groups in total. The first-order valence-electron chi connectivity index (χ1n) is 7.48. The lowest BCUT2D eigenvalue weighted by Gasteiger charge is -2.08. The smallest absolute Gasteiger partial charge is 0.114 e. The molecule has 106 valence electrons. The summed E-state index contributed by atoms with van der Waals surface area (Å²) >= 11 is 0. The molecule has 1 aliphatic rings. The summed E-state index contributed by atoms with van der Waals surface area (Å²) in [7, 11) is 0. The molecule has 3 rings (SSSR count). The van der Waals surface area contributed by atoms with Crippen molar-refractivity contribution >= 4 is 0 Å². The van der Waals surface area contributed by atoms with Gasteiger partial charge in [0.2, 0.25) is 0 Å². The van der Waals surface area contributed by atoms with Gasteiger partial charge in [-0.1, -0.05) is 38.1 Å². The second kappa shape index (κ2) is 5.06. The van der Waals surface area contributed by atoms with E-state index in [1.54, 1.807) is 0 Å². The molecule has 0 unspecified atom stereocenters. The van der Waals surface area contributed by atoms with Gasteiger partial charge in [-0.2, -0.15) is 0 Å². The number of aromatic nitrogens is 2. The Labute approximate surface area is 120 Å². The number of hydrogen-bond acceptors (Lipinski definition) is 2. The van der Waals surface area contributed by atoms with Gasteiger partial charge >= 0.3 is 0 Å². The normalized spacial score (nSPS) is 16.6. The first-order chi connectivity index (χ1) is 9.63. The zero-order valence-corrected chi connectivity index (χ0v) is 12.3. The van der Waals surface area contributed by atoms with E-state index in [9.17, 15) is 0 Å². The predicted molar refractivity (Wildman–Crippen MR) is 82.5 cm³/mol. The molecule has 0 amide bonds. The molecule has 1 aromatic carbocycles. The van der Waals surface area contributed by atoms with Crippen molar-refractivity contribution in [1.82, 2.24) is 9.97 Å². The van der Waals surface area contributed by atoms with Gasteiger partial charge < -0.3 is 10.7 Å². The molecule has 0 atom stereocenters. The molecule has 0 radical (unpaired) electrons. The molecule has 3 nitrogen and oxygen atoms in total. The third-order valence-electron chi connectivity index (χ3n) is 4.23. The minimum Gasteiger partial charge on any atom is -0.342 e. The predicted octanol–water partition coefficient (Wildman–Crippen LogP) is 3.27. The van der Waals surface area contributed by atoms with Gasteiger partial charge in [0, 0.05) is 12.0 Å². The molecule has 1 heterocycles. The van der Waals surface area contributed by atoms with Crippen LogP contribution in [0.25, 0.3) is 11.3 Å². The molecular formula is C17H23N3. The molecular weight excluding hydrogens is 246 g/mol. The van der Waals surface area contributed by atoms with Gasteiger partial charge in [-0.05, 0) is 36.3 Å². The topological polar surface area (TPSA) is 54.7 Å². The van der Waals surface area contributed by atoms with Crippen molar-refractivity contribution in [3.8, 4) is 11.3 Å². The number of rotatable bonds is 5. The van der Waals surface area contributed by atoms with Crippen LogP contribution in [0.15, 0.2) is 30.5 Å². The van der Waals surface area contributed by atoms with E-state index in [0.717, 1.165) is 30.8 Å². The van der Waals surface area contributed by atoms with Crippen LogP contribution in [0.5, 0.6) is 0 Å². The fourth-order valence-electron chi connectivity index (χ4n) is 2.72. The zero-order chi connectivity index (χ0) is 14.2. The lowest BCUT2D eigenvalue weighted by Crippen LogP contribution is -2.21. The van der Waals surface area contributed by atoms with Crippen molar-refractivity contribution in [2.24, 2.45) is 11.7 Å². The van der Waals surface area contributed by atoms with Crippen molar-refractivity contribution in [2.75, 3.05) is 6.54 Å². The molecule has 2 aromatic rings. The maximum absolute atomic E-state index is 5.85. The molecule has 0 saturated heterocycles. The number of aromatic amines is 1. The Hall–Kier alpha value is -1.61. The van der Waals surface area contributed by atoms with Crippen LogP contribution >= 0.6 is 0 Å². The third-order valence-corrected chi connectivity index (χ3v) is 4.23. The Morgan fingerprint density at radius 3 is 2.50 bits per heavy atom. The molecule has 1 fully saturated rings. The summed E-state index contributed by atoms with van der Waals surface area (Å²) in [4.78, 5) is 7.99. The fraction of sp³-hybridized carbons (Fsp3) is 0.471. The van der Waals surface area contributed by atoms with E-state index in [-0.39, 0.29) is 5.41 Å². The minimum atomic E-state index is 0.135. The number of benzene rings is 1. The minimum absolute atomic E-state index is 0.135. The Balaban J connectivity index is 1.79. The van der Waals surface area contributed by atoms with Gasteiger partial charge in [0.25, 0.3) is 0 Å². The summed E-state index contributed by atoms with van der Waals surface area (Å²) < 4.78 is 0. The van der Waals surface area contributed by atoms with E-state index in [2.05, 4.69) is 48.1 Å². The number of H-pyrrole nitrogens is 1. The van der Waals surface area contributed by atoms with Crippen molar-refractivity contribution in [3.05, 3.63) is 41.9 Å². The molecule has 1 saturated carbocycles. The first kappa shape index (κ1) is 13.4. The lowest BCUT2D eigenvalue weighted by atomic mass is 10.0. The monoisotopic (exact) mass is 269 g/mol. The Bertz CT molecular complexity index is 577. The van der Waals surface area contributed by atoms with Crippen molar-refractivity contribution in [2.45, 2.75) is 38.5 Å². The standard InChI is InChI=1S/C17H23N3/c1-12(2)9-13-3-5-14(6-4-13)15-10-19-16(20-15)17(11-18)7-8-17/h3-6,10,12H,7-9,11,18H2,1-2H3,(H,19,20). The van der Waals surface area contributed by atoms with E-state index in [1.165, 1.54) is 11.1 Å². The molecule has 1 aromatic heterocycles. The largest absolute Gasteiger partial charge is 0.342 e. The second-order valence-corrected chi connectivity index (χ2v) is 6.42. The maximum Gasteiger partial charge on any atom is 0.114 e. The van der Waals surface area contributed by atoms with Gasteiger partial charge in [-0.25, -0.2) is 4.98 Å². The third kappa shape index (κ3) is 2.50. The average molecular weight is 269 g/mol. The van der Waals surface area contributed by atoms with Crippen LogP contribution in [0.3, 0.4) is 0 Å². The fourth-order valence-corrected chi connectivity index (χ4v) is 2.72. The van der Waals surface area contributed by atoms with E-state index >= 15 is 0 Å². The SMILES string of the molecule is CC(C)Cc1ccc(-c2cnc(C3(CN)CC3)[nH]2)cc1. The maximum atomic E-state index is 5.85. The van der Waals surface area contributed by atoms with Crippen molar-refractivity contribution < 1.29 is 0 Å². The zero-order valence-electron chi connectivity index (χ0n) is 12.3. The summed E-state index contributed by atoms with van der Waals surface area (Å²) in [5.74, 6) is 1.75. The van der Waals surface area contributed by atoms with Gasteiger partial charge in [0.05, 0.1) is 11.9 Å². The highest BCUT2D eigenvalue weighted by Gasteiger charge is 2.45. The molecule has 20 heavy (non-hydrogen) atoms. The van der Waals surface area contributed by atoms with Gasteiger partial charge in [0.1, 0.15) is 5.82 Å². The van der Waals surface area contributed by atoms with Crippen LogP contribution in [0.4, 0.5) is 0 Å². The number of nitrogens with two attached hydrogens (primary N) is 1. The van der Waals surface area contributed by atoms with Crippen LogP contribution in [-0.4, -0.2) is 16.5 Å². The van der Waals surface area contributed by atoms with Gasteiger partial charge in [-0.3, -0.25) is 0 Å². The highest BCUT2D eigenvalue weighted by molar-refractivity contribution is 5.59. The van der Waals surface area contributed by atoms with Crippen LogP contribution < -0.4 is 5.73 Å². The van der Waals surface area contributed by atoms with Crippen LogP contribution in [0, 0.1) is 5.92 Å².